The minimum absolute atomic E-state index is 0.0807. The summed E-state index contributed by atoms with van der Waals surface area (Å²) in [7, 11) is 0. The van der Waals surface area contributed by atoms with E-state index in [2.05, 4.69) is 10.5 Å². The normalized spacial score (nSPS) is 11.0. The van der Waals surface area contributed by atoms with E-state index in [4.69, 9.17) is 11.6 Å². The highest BCUT2D eigenvalue weighted by Crippen LogP contribution is 2.24. The molecule has 4 nitrogen and oxygen atoms in total. The summed E-state index contributed by atoms with van der Waals surface area (Å²) in [6.45, 7) is 0. The third-order valence-electron chi connectivity index (χ3n) is 3.36. The van der Waals surface area contributed by atoms with Gasteiger partial charge < -0.3 is 5.11 Å². The third kappa shape index (κ3) is 3.49. The van der Waals surface area contributed by atoms with Crippen molar-refractivity contribution in [3.05, 3.63) is 76.8 Å². The summed E-state index contributed by atoms with van der Waals surface area (Å²) in [4.78, 5) is 12.1. The highest BCUT2D eigenvalue weighted by Gasteiger charge is 2.11. The number of benzene rings is 3. The molecule has 0 aromatic heterocycles. The quantitative estimate of drug-likeness (QED) is 0.566. The Labute approximate surface area is 138 Å². The van der Waals surface area contributed by atoms with Crippen LogP contribution in [0.2, 0.25) is 5.02 Å². The summed E-state index contributed by atoms with van der Waals surface area (Å²) < 4.78 is 0. The second-order valence-electron chi connectivity index (χ2n) is 4.97. The highest BCUT2D eigenvalue weighted by atomic mass is 35.5. The standard InChI is InChI=1S/C18H13ClN2O2/c19-15-7-5-12(6-8-15)11-20-21-18(23)16-9-13-3-1-2-4-14(13)10-17(16)22/h1-11,22H,(H,21,23)/b20-11-. The number of hydrogen-bond donors (Lipinski definition) is 2. The molecule has 0 saturated carbocycles. The van der Waals surface area contributed by atoms with Crippen LogP contribution in [0, 0.1) is 0 Å². The number of amides is 1. The molecule has 1 amide bonds. The SMILES string of the molecule is O=C(N/N=C\c1ccc(Cl)cc1)c1cc2ccccc2cc1O. The maximum Gasteiger partial charge on any atom is 0.275 e. The van der Waals surface area contributed by atoms with Gasteiger partial charge in [0.05, 0.1) is 11.8 Å². The molecule has 0 unspecified atom stereocenters. The number of hydrogen-bond acceptors (Lipinski definition) is 3. The van der Waals surface area contributed by atoms with Crippen LogP contribution in [-0.2, 0) is 0 Å². The summed E-state index contributed by atoms with van der Waals surface area (Å²) in [5, 5.41) is 16.3. The summed E-state index contributed by atoms with van der Waals surface area (Å²) >= 11 is 5.80. The molecule has 114 valence electrons. The molecule has 0 bridgehead atoms. The number of phenolic OH excluding ortho intramolecular Hbond substituents is 1. The minimum atomic E-state index is -0.474. The molecule has 0 aliphatic rings. The molecule has 0 aliphatic heterocycles. The number of fused-ring (bicyclic) bond motifs is 1. The van der Waals surface area contributed by atoms with Crippen molar-refractivity contribution in [1.29, 1.82) is 0 Å². The van der Waals surface area contributed by atoms with E-state index in [1.165, 1.54) is 6.21 Å². The second-order valence-corrected chi connectivity index (χ2v) is 5.40. The minimum Gasteiger partial charge on any atom is -0.507 e. The Morgan fingerprint density at radius 1 is 1.04 bits per heavy atom. The number of halogens is 1. The summed E-state index contributed by atoms with van der Waals surface area (Å²) in [6, 6.07) is 17.7. The summed E-state index contributed by atoms with van der Waals surface area (Å²) in [5.41, 5.74) is 3.39. The Morgan fingerprint density at radius 3 is 2.39 bits per heavy atom. The van der Waals surface area contributed by atoms with Crippen molar-refractivity contribution in [2.45, 2.75) is 0 Å². The van der Waals surface area contributed by atoms with Crippen LogP contribution in [0.3, 0.4) is 0 Å². The van der Waals surface area contributed by atoms with Gasteiger partial charge in [-0.2, -0.15) is 5.10 Å². The number of nitrogens with one attached hydrogen (secondary N) is 1. The summed E-state index contributed by atoms with van der Waals surface area (Å²) in [5.74, 6) is -0.554. The zero-order valence-electron chi connectivity index (χ0n) is 12.0. The van der Waals surface area contributed by atoms with E-state index in [1.54, 1.807) is 36.4 Å². The lowest BCUT2D eigenvalue weighted by Crippen LogP contribution is -2.17. The molecule has 3 rings (SSSR count). The molecule has 0 radical (unpaired) electrons. The number of carbonyl (C=O) groups is 1. The van der Waals surface area contributed by atoms with Crippen LogP contribution in [0.5, 0.6) is 5.75 Å². The predicted octanol–water partition coefficient (Wildman–Crippen LogP) is 3.96. The molecular weight excluding hydrogens is 312 g/mol. The fourth-order valence-electron chi connectivity index (χ4n) is 2.18. The van der Waals surface area contributed by atoms with E-state index in [9.17, 15) is 9.90 Å². The fourth-order valence-corrected chi connectivity index (χ4v) is 2.31. The average molecular weight is 325 g/mol. The molecule has 0 atom stereocenters. The van der Waals surface area contributed by atoms with Gasteiger partial charge in [0.15, 0.2) is 0 Å². The van der Waals surface area contributed by atoms with Crippen molar-refractivity contribution in [1.82, 2.24) is 5.43 Å². The van der Waals surface area contributed by atoms with Crippen LogP contribution in [0.25, 0.3) is 10.8 Å². The van der Waals surface area contributed by atoms with Crippen LogP contribution >= 0.6 is 11.6 Å². The molecule has 23 heavy (non-hydrogen) atoms. The van der Waals surface area contributed by atoms with E-state index in [0.29, 0.717) is 5.02 Å². The third-order valence-corrected chi connectivity index (χ3v) is 3.61. The molecule has 0 spiro atoms. The maximum atomic E-state index is 12.1. The van der Waals surface area contributed by atoms with Gasteiger partial charge in [0.25, 0.3) is 5.91 Å². The molecule has 0 saturated heterocycles. The first kappa shape index (κ1) is 15.1. The van der Waals surface area contributed by atoms with Gasteiger partial charge >= 0.3 is 0 Å². The first-order valence-electron chi connectivity index (χ1n) is 6.94. The van der Waals surface area contributed by atoms with Gasteiger partial charge in [-0.25, -0.2) is 5.43 Å². The van der Waals surface area contributed by atoms with Crippen molar-refractivity contribution in [2.75, 3.05) is 0 Å². The second kappa shape index (κ2) is 6.50. The Kier molecular flexibility index (Phi) is 4.26. The first-order valence-corrected chi connectivity index (χ1v) is 7.32. The van der Waals surface area contributed by atoms with Crippen LogP contribution in [0.4, 0.5) is 0 Å². The van der Waals surface area contributed by atoms with Gasteiger partial charge in [0.2, 0.25) is 0 Å². The van der Waals surface area contributed by atoms with Crippen molar-refractivity contribution in [3.63, 3.8) is 0 Å². The van der Waals surface area contributed by atoms with Gasteiger partial charge in [-0.05, 0) is 40.6 Å². The number of nitrogens with zero attached hydrogens (tertiary/aromatic N) is 1. The number of phenols is 1. The van der Waals surface area contributed by atoms with Gasteiger partial charge in [-0.1, -0.05) is 48.0 Å². The molecule has 0 heterocycles. The number of hydrazone groups is 1. The Morgan fingerprint density at radius 2 is 1.70 bits per heavy atom. The Balaban J connectivity index is 1.78. The average Bonchev–Trinajstić information content (AvgIpc) is 2.56. The lowest BCUT2D eigenvalue weighted by atomic mass is 10.1. The topological polar surface area (TPSA) is 61.7 Å². The van der Waals surface area contributed by atoms with Crippen molar-refractivity contribution in [3.8, 4) is 5.75 Å². The first-order chi connectivity index (χ1) is 11.1. The van der Waals surface area contributed by atoms with Crippen molar-refractivity contribution >= 4 is 34.5 Å². The molecule has 0 aliphatic carbocycles. The van der Waals surface area contributed by atoms with Gasteiger partial charge in [0, 0.05) is 5.02 Å². The maximum absolute atomic E-state index is 12.1. The van der Waals surface area contributed by atoms with Crippen LogP contribution in [-0.4, -0.2) is 17.2 Å². The molecule has 5 heteroatoms. The highest BCUT2D eigenvalue weighted by molar-refractivity contribution is 6.30. The Hall–Kier alpha value is -2.85. The molecule has 3 aromatic rings. The fraction of sp³-hybridized carbons (Fsp3) is 0. The van der Waals surface area contributed by atoms with Crippen LogP contribution < -0.4 is 5.43 Å². The van der Waals surface area contributed by atoms with Gasteiger partial charge in [0.1, 0.15) is 5.75 Å². The van der Waals surface area contributed by atoms with E-state index >= 15 is 0 Å². The number of carbonyl (C=O) groups excluding carboxylic acids is 1. The lowest BCUT2D eigenvalue weighted by Gasteiger charge is -2.05. The molecule has 2 N–H and O–H groups in total. The smallest absolute Gasteiger partial charge is 0.275 e. The predicted molar refractivity (Wildman–Crippen MR) is 92.1 cm³/mol. The Bertz CT molecular complexity index is 889. The van der Waals surface area contributed by atoms with E-state index in [1.807, 2.05) is 24.3 Å². The molecule has 0 fully saturated rings. The van der Waals surface area contributed by atoms with Crippen LogP contribution in [0.1, 0.15) is 15.9 Å². The largest absolute Gasteiger partial charge is 0.507 e. The van der Waals surface area contributed by atoms with E-state index in [-0.39, 0.29) is 11.3 Å². The van der Waals surface area contributed by atoms with E-state index < -0.39 is 5.91 Å². The molecule has 3 aromatic carbocycles. The monoisotopic (exact) mass is 324 g/mol. The van der Waals surface area contributed by atoms with Crippen molar-refractivity contribution in [2.24, 2.45) is 5.10 Å². The van der Waals surface area contributed by atoms with Crippen molar-refractivity contribution < 1.29 is 9.90 Å². The zero-order valence-corrected chi connectivity index (χ0v) is 12.8. The zero-order chi connectivity index (χ0) is 16.2. The van der Waals surface area contributed by atoms with Crippen LogP contribution in [0.15, 0.2) is 65.8 Å². The van der Waals surface area contributed by atoms with E-state index in [0.717, 1.165) is 16.3 Å². The molecular formula is C18H13ClN2O2. The summed E-state index contributed by atoms with van der Waals surface area (Å²) in [6.07, 6.45) is 1.51. The van der Waals surface area contributed by atoms with Gasteiger partial charge in [-0.15, -0.1) is 0 Å². The lowest BCUT2D eigenvalue weighted by molar-refractivity contribution is 0.0952. The number of aromatic hydroxyl groups is 1. The van der Waals surface area contributed by atoms with Gasteiger partial charge in [-0.3, -0.25) is 4.79 Å². The number of rotatable bonds is 3.